The molecule has 4 atom stereocenters. The molecule has 0 aliphatic carbocycles. The van der Waals surface area contributed by atoms with Gasteiger partial charge in [0.25, 0.3) is 5.91 Å². The van der Waals surface area contributed by atoms with Crippen molar-refractivity contribution >= 4 is 23.6 Å². The number of amides is 3. The fourth-order valence-electron chi connectivity index (χ4n) is 10.2. The van der Waals surface area contributed by atoms with Crippen molar-refractivity contribution in [2.24, 2.45) is 0 Å². The average molecular weight is 860 g/mol. The van der Waals surface area contributed by atoms with Crippen molar-refractivity contribution < 1.29 is 27.9 Å². The van der Waals surface area contributed by atoms with Crippen molar-refractivity contribution in [3.8, 4) is 11.3 Å². The van der Waals surface area contributed by atoms with Crippen LogP contribution in [0.25, 0.3) is 11.3 Å². The third kappa shape index (κ3) is 8.80. The Morgan fingerprint density at radius 2 is 1.29 bits per heavy atom. The van der Waals surface area contributed by atoms with E-state index in [2.05, 4.69) is 25.2 Å². The first-order chi connectivity index (χ1) is 30.8. The highest BCUT2D eigenvalue weighted by Gasteiger charge is 2.40. The molecule has 3 aromatic carbocycles. The fraction of sp³-hybridized carbons (Fsp3) is 0.438. The van der Waals surface area contributed by atoms with Gasteiger partial charge < -0.3 is 34.7 Å². The Morgan fingerprint density at radius 1 is 0.698 bits per heavy atom. The van der Waals surface area contributed by atoms with E-state index in [1.54, 1.807) is 28.1 Å². The molecule has 0 radical (unpaired) electrons. The number of hydrogen-bond acceptors (Lipinski definition) is 8. The molecule has 15 heteroatoms. The third-order valence-corrected chi connectivity index (χ3v) is 13.4. The smallest absolute Gasteiger partial charge is 0.407 e. The molecule has 5 aromatic rings. The van der Waals surface area contributed by atoms with E-state index in [-0.39, 0.29) is 41.5 Å². The summed E-state index contributed by atoms with van der Waals surface area (Å²) in [6, 6.07) is 20.0. The normalized spacial score (nSPS) is 20.8. The lowest BCUT2D eigenvalue weighted by Crippen LogP contribution is -2.44. The van der Waals surface area contributed by atoms with Gasteiger partial charge in [-0.05, 0) is 87.7 Å². The number of likely N-dealkylation sites (tertiary alicyclic amines) is 3. The largest absolute Gasteiger partial charge is 0.453 e. The van der Waals surface area contributed by atoms with E-state index in [1.165, 1.54) is 25.7 Å². The van der Waals surface area contributed by atoms with E-state index in [0.29, 0.717) is 67.5 Å². The molecule has 6 heterocycles. The van der Waals surface area contributed by atoms with E-state index >= 15 is 8.78 Å². The number of alkyl carbamates (subject to hydrolysis) is 1. The van der Waals surface area contributed by atoms with Gasteiger partial charge in [-0.2, -0.15) is 0 Å². The van der Waals surface area contributed by atoms with Gasteiger partial charge in [-0.1, -0.05) is 67.1 Å². The third-order valence-electron chi connectivity index (χ3n) is 13.4. The number of aromatic amines is 2. The molecule has 2 aromatic heterocycles. The molecule has 3 N–H and O–H groups in total. The standard InChI is InChI=1S/C48H55F2N9O4/c1-63-48(62)55-41(32-13-5-2-6-14-32)46(60)58-23-11-17-39(58)44-51-29-37(53-44)31-19-25-57(26-20-31)43-35(49)27-34(28-36(43)50)38-30-52-45(54-38)40-18-12-24-59(40)47(61)42(33-15-7-3-8-16-33)56-21-9-4-10-22-56/h2-3,5-8,13-16,27-31,39-42H,4,9-12,17-26H2,1H3,(H,51,53)(H,52,54)(H,55,62). The molecule has 4 saturated heterocycles. The number of hydrogen-bond donors (Lipinski definition) is 3. The van der Waals surface area contributed by atoms with Crippen LogP contribution in [-0.4, -0.2) is 98.9 Å². The number of methoxy groups -OCH3 is 1. The topological polar surface area (TPSA) is 143 Å². The van der Waals surface area contributed by atoms with Crippen LogP contribution in [0, 0.1) is 11.6 Å². The van der Waals surface area contributed by atoms with Crippen molar-refractivity contribution in [1.82, 2.24) is 40.0 Å². The number of nitrogens with zero attached hydrogens (tertiary/aromatic N) is 6. The van der Waals surface area contributed by atoms with E-state index in [0.717, 1.165) is 62.9 Å². The van der Waals surface area contributed by atoms with Crippen LogP contribution in [0.3, 0.4) is 0 Å². The number of ether oxygens (including phenoxy) is 1. The minimum atomic E-state index is -0.910. The summed E-state index contributed by atoms with van der Waals surface area (Å²) >= 11 is 0. The molecular weight excluding hydrogens is 805 g/mol. The summed E-state index contributed by atoms with van der Waals surface area (Å²) in [5.41, 5.74) is 3.38. The van der Waals surface area contributed by atoms with Crippen LogP contribution >= 0.6 is 0 Å². The number of carbonyl (C=O) groups is 3. The van der Waals surface area contributed by atoms with Crippen molar-refractivity contribution in [1.29, 1.82) is 0 Å². The second kappa shape index (κ2) is 18.7. The molecular formula is C48H55F2N9O4. The van der Waals surface area contributed by atoms with Gasteiger partial charge in [-0.25, -0.2) is 23.5 Å². The van der Waals surface area contributed by atoms with Crippen LogP contribution in [0.1, 0.15) is 116 Å². The summed E-state index contributed by atoms with van der Waals surface area (Å²) in [7, 11) is 1.27. The van der Waals surface area contributed by atoms with Gasteiger partial charge in [0.1, 0.15) is 41.1 Å². The number of imidazole rings is 2. The summed E-state index contributed by atoms with van der Waals surface area (Å²) in [5.74, 6) is -0.0726. The molecule has 0 saturated carbocycles. The number of nitrogens with one attached hydrogen (secondary N) is 3. The van der Waals surface area contributed by atoms with E-state index < -0.39 is 23.8 Å². The lowest BCUT2D eigenvalue weighted by atomic mass is 9.93. The molecule has 3 amide bonds. The highest BCUT2D eigenvalue weighted by Crippen LogP contribution is 2.39. The van der Waals surface area contributed by atoms with Crippen molar-refractivity contribution in [3.05, 3.63) is 125 Å². The second-order valence-corrected chi connectivity index (χ2v) is 17.2. The molecule has 0 spiro atoms. The minimum absolute atomic E-state index is 0.0480. The van der Waals surface area contributed by atoms with Gasteiger partial charge in [0, 0.05) is 49.6 Å². The number of aromatic nitrogens is 4. The van der Waals surface area contributed by atoms with Crippen LogP contribution in [0.2, 0.25) is 0 Å². The first-order valence-electron chi connectivity index (χ1n) is 22.4. The van der Waals surface area contributed by atoms with E-state index in [9.17, 15) is 14.4 Å². The lowest BCUT2D eigenvalue weighted by molar-refractivity contribution is -0.139. The monoisotopic (exact) mass is 859 g/mol. The minimum Gasteiger partial charge on any atom is -0.453 e. The molecule has 4 aliphatic heterocycles. The number of anilines is 1. The van der Waals surface area contributed by atoms with Gasteiger partial charge in [0.05, 0.1) is 31.1 Å². The maximum Gasteiger partial charge on any atom is 0.407 e. The maximum absolute atomic E-state index is 16.0. The van der Waals surface area contributed by atoms with Gasteiger partial charge in [0.2, 0.25) is 5.91 Å². The number of H-pyrrole nitrogens is 2. The molecule has 4 unspecified atom stereocenters. The van der Waals surface area contributed by atoms with Crippen LogP contribution in [0.15, 0.2) is 85.2 Å². The second-order valence-electron chi connectivity index (χ2n) is 17.2. The Hall–Kier alpha value is -6.09. The first-order valence-corrected chi connectivity index (χ1v) is 22.4. The molecule has 63 heavy (non-hydrogen) atoms. The first kappa shape index (κ1) is 42.2. The van der Waals surface area contributed by atoms with E-state index in [4.69, 9.17) is 9.72 Å². The Morgan fingerprint density at radius 3 is 1.92 bits per heavy atom. The highest BCUT2D eigenvalue weighted by atomic mass is 19.1. The molecule has 4 fully saturated rings. The van der Waals surface area contributed by atoms with Gasteiger partial charge in [-0.3, -0.25) is 14.5 Å². The van der Waals surface area contributed by atoms with Gasteiger partial charge in [0.15, 0.2) is 0 Å². The number of benzene rings is 3. The molecule has 9 rings (SSSR count). The van der Waals surface area contributed by atoms with Crippen LogP contribution in [0.4, 0.5) is 19.3 Å². The fourth-order valence-corrected chi connectivity index (χ4v) is 10.2. The Balaban J connectivity index is 0.846. The van der Waals surface area contributed by atoms with Crippen LogP contribution in [-0.2, 0) is 14.3 Å². The van der Waals surface area contributed by atoms with Crippen molar-refractivity contribution in [3.63, 3.8) is 0 Å². The van der Waals surface area contributed by atoms with Gasteiger partial charge in [-0.15, -0.1) is 0 Å². The molecule has 13 nitrogen and oxygen atoms in total. The highest BCUT2D eigenvalue weighted by molar-refractivity contribution is 5.87. The van der Waals surface area contributed by atoms with Crippen LogP contribution in [0.5, 0.6) is 0 Å². The zero-order valence-corrected chi connectivity index (χ0v) is 35.6. The van der Waals surface area contributed by atoms with Crippen molar-refractivity contribution in [2.45, 2.75) is 87.9 Å². The Kier molecular flexibility index (Phi) is 12.5. The SMILES string of the molecule is COC(=O)NC(C(=O)N1CCCC1c1ncc(C2CCN(c3c(F)cc(-c4cnc(C5CCCN5C(=O)C(c5ccccc5)N5CCCCC5)[nH]4)cc3F)CC2)[nH]1)c1ccccc1. The van der Waals surface area contributed by atoms with Gasteiger partial charge >= 0.3 is 6.09 Å². The predicted octanol–water partition coefficient (Wildman–Crippen LogP) is 8.11. The number of carbonyl (C=O) groups excluding carboxylic acids is 3. The predicted molar refractivity (Wildman–Crippen MR) is 233 cm³/mol. The van der Waals surface area contributed by atoms with Crippen LogP contribution < -0.4 is 10.2 Å². The molecule has 4 aliphatic rings. The zero-order chi connectivity index (χ0) is 43.5. The zero-order valence-electron chi connectivity index (χ0n) is 35.6. The lowest BCUT2D eigenvalue weighted by Gasteiger charge is -2.37. The number of halogens is 2. The number of piperidine rings is 2. The summed E-state index contributed by atoms with van der Waals surface area (Å²) in [4.78, 5) is 64.5. The quantitative estimate of drug-likeness (QED) is 0.121. The molecule has 330 valence electrons. The van der Waals surface area contributed by atoms with E-state index in [1.807, 2.05) is 59.6 Å². The summed E-state index contributed by atoms with van der Waals surface area (Å²) < 4.78 is 36.8. The Labute approximate surface area is 366 Å². The maximum atomic E-state index is 16.0. The Bertz CT molecular complexity index is 2360. The molecule has 0 bridgehead atoms. The average Bonchev–Trinajstić information content (AvgIpc) is 4.17. The summed E-state index contributed by atoms with van der Waals surface area (Å²) in [5, 5.41) is 2.70. The van der Waals surface area contributed by atoms with Crippen molar-refractivity contribution in [2.75, 3.05) is 51.3 Å². The summed E-state index contributed by atoms with van der Waals surface area (Å²) in [6.07, 6.45) is 10.4. The summed E-state index contributed by atoms with van der Waals surface area (Å²) in [6.45, 7) is 3.80. The number of rotatable bonds is 11.